The summed E-state index contributed by atoms with van der Waals surface area (Å²) >= 11 is 0. The Morgan fingerprint density at radius 3 is 2.42 bits per heavy atom. The van der Waals surface area contributed by atoms with Gasteiger partial charge in [-0.1, -0.05) is 26.2 Å². The van der Waals surface area contributed by atoms with Crippen LogP contribution in [0.15, 0.2) is 0 Å². The van der Waals surface area contributed by atoms with Crippen LogP contribution >= 0.6 is 0 Å². The summed E-state index contributed by atoms with van der Waals surface area (Å²) in [6.45, 7) is 4.10. The zero-order valence-corrected chi connectivity index (χ0v) is 11.9. The molecule has 0 aromatic carbocycles. The van der Waals surface area contributed by atoms with Crippen LogP contribution in [-0.4, -0.2) is 29.7 Å². The van der Waals surface area contributed by atoms with E-state index < -0.39 is 11.9 Å². The highest BCUT2D eigenvalue weighted by Gasteiger charge is 2.21. The maximum Gasteiger partial charge on any atom is 0.315 e. The highest BCUT2D eigenvalue weighted by atomic mass is 16.4. The van der Waals surface area contributed by atoms with Gasteiger partial charge in [-0.15, -0.1) is 0 Å². The Balaban J connectivity index is 2.17. The van der Waals surface area contributed by atoms with E-state index in [1.165, 1.54) is 32.1 Å². The SMILES string of the molecule is CC(CCNC(=O)NC(C)C1CCCCC1)C(=O)O. The summed E-state index contributed by atoms with van der Waals surface area (Å²) in [7, 11) is 0. The molecule has 0 aromatic rings. The van der Waals surface area contributed by atoms with Crippen LogP contribution in [0.3, 0.4) is 0 Å². The van der Waals surface area contributed by atoms with Gasteiger partial charge in [0.25, 0.3) is 0 Å². The lowest BCUT2D eigenvalue weighted by atomic mass is 9.85. The first-order chi connectivity index (χ1) is 9.00. The molecule has 0 aliphatic heterocycles. The van der Waals surface area contributed by atoms with E-state index in [1.54, 1.807) is 6.92 Å². The molecule has 2 atom stereocenters. The van der Waals surface area contributed by atoms with Crippen LogP contribution in [-0.2, 0) is 4.79 Å². The van der Waals surface area contributed by atoms with Crippen molar-refractivity contribution in [1.29, 1.82) is 0 Å². The van der Waals surface area contributed by atoms with Crippen molar-refractivity contribution in [3.8, 4) is 0 Å². The van der Waals surface area contributed by atoms with E-state index in [0.717, 1.165) is 0 Å². The van der Waals surface area contributed by atoms with Crippen molar-refractivity contribution in [2.75, 3.05) is 6.54 Å². The quantitative estimate of drug-likeness (QED) is 0.693. The zero-order chi connectivity index (χ0) is 14.3. The second-order valence-electron chi connectivity index (χ2n) is 5.61. The maximum atomic E-state index is 11.7. The van der Waals surface area contributed by atoms with Gasteiger partial charge >= 0.3 is 12.0 Å². The smallest absolute Gasteiger partial charge is 0.315 e. The van der Waals surface area contributed by atoms with Crippen molar-refractivity contribution in [1.82, 2.24) is 10.6 Å². The third-order valence-corrected chi connectivity index (χ3v) is 4.00. The van der Waals surface area contributed by atoms with Gasteiger partial charge in [0.15, 0.2) is 0 Å². The van der Waals surface area contributed by atoms with E-state index in [0.29, 0.717) is 18.9 Å². The monoisotopic (exact) mass is 270 g/mol. The first kappa shape index (κ1) is 15.8. The van der Waals surface area contributed by atoms with Crippen molar-refractivity contribution in [3.63, 3.8) is 0 Å². The Bertz CT molecular complexity index is 301. The fraction of sp³-hybridized carbons (Fsp3) is 0.857. The Kier molecular flexibility index (Phi) is 6.67. The molecule has 0 heterocycles. The van der Waals surface area contributed by atoms with Crippen LogP contribution < -0.4 is 10.6 Å². The molecule has 0 radical (unpaired) electrons. The van der Waals surface area contributed by atoms with Crippen molar-refractivity contribution in [2.24, 2.45) is 11.8 Å². The number of hydrogen-bond acceptors (Lipinski definition) is 2. The summed E-state index contributed by atoms with van der Waals surface area (Å²) in [5.41, 5.74) is 0. The summed E-state index contributed by atoms with van der Waals surface area (Å²) in [6.07, 6.45) is 6.67. The molecule has 2 unspecified atom stereocenters. The molecule has 19 heavy (non-hydrogen) atoms. The topological polar surface area (TPSA) is 78.4 Å². The third kappa shape index (κ3) is 5.94. The van der Waals surface area contributed by atoms with Crippen LogP contribution in [0.2, 0.25) is 0 Å². The minimum atomic E-state index is -0.821. The zero-order valence-electron chi connectivity index (χ0n) is 11.9. The van der Waals surface area contributed by atoms with Gasteiger partial charge in [-0.25, -0.2) is 4.79 Å². The van der Waals surface area contributed by atoms with Crippen molar-refractivity contribution >= 4 is 12.0 Å². The summed E-state index contributed by atoms with van der Waals surface area (Å²) < 4.78 is 0. The Morgan fingerprint density at radius 2 is 1.84 bits per heavy atom. The third-order valence-electron chi connectivity index (χ3n) is 4.00. The molecule has 0 aromatic heterocycles. The van der Waals surface area contributed by atoms with Gasteiger partial charge in [0.1, 0.15) is 0 Å². The molecule has 1 rings (SSSR count). The average molecular weight is 270 g/mol. The van der Waals surface area contributed by atoms with Crippen LogP contribution in [0.5, 0.6) is 0 Å². The van der Waals surface area contributed by atoms with Gasteiger partial charge in [-0.3, -0.25) is 4.79 Å². The number of rotatable bonds is 6. The van der Waals surface area contributed by atoms with Gasteiger partial charge in [0.05, 0.1) is 5.92 Å². The lowest BCUT2D eigenvalue weighted by molar-refractivity contribution is -0.141. The number of carbonyl (C=O) groups is 2. The predicted octanol–water partition coefficient (Wildman–Crippen LogP) is 2.37. The summed E-state index contributed by atoms with van der Waals surface area (Å²) in [5.74, 6) is -0.661. The minimum Gasteiger partial charge on any atom is -0.481 e. The molecule has 1 saturated carbocycles. The molecule has 1 aliphatic rings. The molecule has 2 amide bonds. The van der Waals surface area contributed by atoms with Crippen LogP contribution in [0, 0.1) is 11.8 Å². The predicted molar refractivity (Wildman–Crippen MR) is 74.0 cm³/mol. The number of carbonyl (C=O) groups excluding carboxylic acids is 1. The van der Waals surface area contributed by atoms with E-state index in [9.17, 15) is 9.59 Å². The standard InChI is InChI=1S/C14H26N2O3/c1-10(13(17)18)8-9-15-14(19)16-11(2)12-6-4-3-5-7-12/h10-12H,3-9H2,1-2H3,(H,17,18)(H2,15,16,19). The van der Waals surface area contributed by atoms with E-state index in [4.69, 9.17) is 5.11 Å². The summed E-state index contributed by atoms with van der Waals surface area (Å²) in [4.78, 5) is 22.3. The maximum absolute atomic E-state index is 11.7. The molecular weight excluding hydrogens is 244 g/mol. The minimum absolute atomic E-state index is 0.185. The molecule has 1 aliphatic carbocycles. The van der Waals surface area contributed by atoms with Gasteiger partial charge in [0, 0.05) is 12.6 Å². The van der Waals surface area contributed by atoms with Crippen LogP contribution in [0.4, 0.5) is 4.79 Å². The molecule has 3 N–H and O–H groups in total. The Morgan fingerprint density at radius 1 is 1.21 bits per heavy atom. The summed E-state index contributed by atoms with van der Waals surface area (Å²) in [5, 5.41) is 14.4. The molecular formula is C14H26N2O3. The largest absolute Gasteiger partial charge is 0.481 e. The molecule has 5 nitrogen and oxygen atoms in total. The highest BCUT2D eigenvalue weighted by Crippen LogP contribution is 2.26. The van der Waals surface area contributed by atoms with Gasteiger partial charge in [-0.05, 0) is 32.1 Å². The first-order valence-electron chi connectivity index (χ1n) is 7.28. The molecule has 5 heteroatoms. The van der Waals surface area contributed by atoms with Crippen molar-refractivity contribution < 1.29 is 14.7 Å². The molecule has 110 valence electrons. The van der Waals surface area contributed by atoms with E-state index in [2.05, 4.69) is 17.6 Å². The number of nitrogens with one attached hydrogen (secondary N) is 2. The number of carboxylic acids is 1. The van der Waals surface area contributed by atoms with Crippen molar-refractivity contribution in [2.45, 2.75) is 58.4 Å². The molecule has 0 spiro atoms. The van der Waals surface area contributed by atoms with Crippen LogP contribution in [0.25, 0.3) is 0 Å². The molecule has 0 bridgehead atoms. The number of amides is 2. The van der Waals surface area contributed by atoms with Crippen LogP contribution in [0.1, 0.15) is 52.4 Å². The molecule has 0 saturated heterocycles. The average Bonchev–Trinajstić information content (AvgIpc) is 2.39. The van der Waals surface area contributed by atoms with Gasteiger partial charge < -0.3 is 15.7 Å². The number of urea groups is 1. The number of carboxylic acid groups (broad SMARTS) is 1. The second-order valence-corrected chi connectivity index (χ2v) is 5.61. The Hall–Kier alpha value is -1.26. The molecule has 1 fully saturated rings. The lowest BCUT2D eigenvalue weighted by Gasteiger charge is -2.28. The summed E-state index contributed by atoms with van der Waals surface area (Å²) in [6, 6.07) is 0.00728. The van der Waals surface area contributed by atoms with Gasteiger partial charge in [-0.2, -0.15) is 0 Å². The second kappa shape index (κ2) is 8.02. The van der Waals surface area contributed by atoms with Crippen molar-refractivity contribution in [3.05, 3.63) is 0 Å². The lowest BCUT2D eigenvalue weighted by Crippen LogP contribution is -2.45. The Labute approximate surface area is 115 Å². The van der Waals surface area contributed by atoms with Gasteiger partial charge in [0.2, 0.25) is 0 Å². The van der Waals surface area contributed by atoms with E-state index >= 15 is 0 Å². The normalized spacial score (nSPS) is 19.5. The number of aliphatic carboxylic acids is 1. The highest BCUT2D eigenvalue weighted by molar-refractivity contribution is 5.74. The van der Waals surface area contributed by atoms with E-state index in [-0.39, 0.29) is 12.1 Å². The van der Waals surface area contributed by atoms with E-state index in [1.807, 2.05) is 0 Å². The first-order valence-corrected chi connectivity index (χ1v) is 7.28. The fourth-order valence-corrected chi connectivity index (χ4v) is 2.54. The fourth-order valence-electron chi connectivity index (χ4n) is 2.54. The number of hydrogen-bond donors (Lipinski definition) is 3.